The van der Waals surface area contributed by atoms with Crippen LogP contribution in [0.4, 0.5) is 18.9 Å². The number of alkyl halides is 3. The lowest BCUT2D eigenvalue weighted by Crippen LogP contribution is -2.28. The first-order valence-corrected chi connectivity index (χ1v) is 8.81. The number of carboxylic acid groups (broad SMARTS) is 1. The number of carbonyl (C=O) groups is 2. The number of anilines is 1. The predicted molar refractivity (Wildman–Crippen MR) is 103 cm³/mol. The number of hydrogen-bond acceptors (Lipinski definition) is 5. The molecule has 0 spiro atoms. The van der Waals surface area contributed by atoms with E-state index in [1.165, 1.54) is 17.2 Å². The smallest absolute Gasteiger partial charge is 0.490 e. The molecule has 10 heteroatoms. The summed E-state index contributed by atoms with van der Waals surface area (Å²) in [5.74, 6) is -2.13. The number of fused-ring (bicyclic) bond motifs is 1. The van der Waals surface area contributed by atoms with Gasteiger partial charge in [0.05, 0.1) is 5.69 Å². The van der Waals surface area contributed by atoms with Gasteiger partial charge in [0, 0.05) is 20.1 Å². The van der Waals surface area contributed by atoms with Crippen LogP contribution in [0.5, 0.6) is 5.75 Å². The number of nitrogens with one attached hydrogen (secondary N) is 1. The second-order valence-corrected chi connectivity index (χ2v) is 6.57. The average Bonchev–Trinajstić information content (AvgIpc) is 2.65. The lowest BCUT2D eigenvalue weighted by molar-refractivity contribution is -0.192. The summed E-state index contributed by atoms with van der Waals surface area (Å²) in [6.45, 7) is 6.79. The Balaban J connectivity index is 0.000000516. The molecular formula is C19H26F3N3O4. The number of nitrogens with zero attached hydrogens (tertiary/aromatic N) is 2. The van der Waals surface area contributed by atoms with Crippen molar-refractivity contribution >= 4 is 17.6 Å². The molecule has 1 aromatic carbocycles. The fourth-order valence-electron chi connectivity index (χ4n) is 2.47. The molecule has 7 nitrogen and oxygen atoms in total. The third-order valence-electron chi connectivity index (χ3n) is 4.07. The van der Waals surface area contributed by atoms with Crippen molar-refractivity contribution in [1.29, 1.82) is 0 Å². The number of benzene rings is 1. The summed E-state index contributed by atoms with van der Waals surface area (Å²) in [5.41, 5.74) is 3.32. The van der Waals surface area contributed by atoms with E-state index in [4.69, 9.17) is 14.6 Å². The second-order valence-electron chi connectivity index (χ2n) is 6.57. The lowest BCUT2D eigenvalue weighted by atomic mass is 9.99. The van der Waals surface area contributed by atoms with E-state index < -0.39 is 12.1 Å². The zero-order valence-corrected chi connectivity index (χ0v) is 16.7. The minimum atomic E-state index is -5.08. The molecule has 1 heterocycles. The monoisotopic (exact) mass is 417 g/mol. The van der Waals surface area contributed by atoms with E-state index in [0.717, 1.165) is 37.5 Å². The Morgan fingerprint density at radius 2 is 1.90 bits per heavy atom. The molecule has 0 unspecified atom stereocenters. The summed E-state index contributed by atoms with van der Waals surface area (Å²) in [7, 11) is 5.77. The molecule has 0 aromatic heterocycles. The third-order valence-corrected chi connectivity index (χ3v) is 4.07. The van der Waals surface area contributed by atoms with Crippen molar-refractivity contribution in [1.82, 2.24) is 10.2 Å². The van der Waals surface area contributed by atoms with Crippen molar-refractivity contribution < 1.29 is 32.6 Å². The third kappa shape index (κ3) is 7.74. The van der Waals surface area contributed by atoms with Crippen molar-refractivity contribution in [2.45, 2.75) is 19.1 Å². The normalized spacial score (nSPS) is 13.1. The maximum Gasteiger partial charge on any atom is 0.490 e. The number of carboxylic acids is 1. The van der Waals surface area contributed by atoms with E-state index in [0.29, 0.717) is 6.61 Å². The number of halogens is 3. The summed E-state index contributed by atoms with van der Waals surface area (Å²) >= 11 is 0. The largest absolute Gasteiger partial charge is 0.490 e. The number of amides is 1. The molecule has 162 valence electrons. The average molecular weight is 417 g/mol. The quantitative estimate of drug-likeness (QED) is 0.690. The zero-order valence-electron chi connectivity index (χ0n) is 16.7. The van der Waals surface area contributed by atoms with E-state index in [1.807, 2.05) is 20.2 Å². The predicted octanol–water partition coefficient (Wildman–Crippen LogP) is 2.05. The molecule has 0 bridgehead atoms. The van der Waals surface area contributed by atoms with Gasteiger partial charge in [0.25, 0.3) is 0 Å². The van der Waals surface area contributed by atoms with Crippen molar-refractivity contribution in [3.63, 3.8) is 0 Å². The number of ether oxygens (including phenoxy) is 1. The van der Waals surface area contributed by atoms with Crippen LogP contribution in [0.3, 0.4) is 0 Å². The summed E-state index contributed by atoms with van der Waals surface area (Å²) in [6.07, 6.45) is -2.78. The van der Waals surface area contributed by atoms with Gasteiger partial charge in [-0.25, -0.2) is 4.79 Å². The first-order valence-electron chi connectivity index (χ1n) is 8.81. The molecule has 1 aromatic rings. The van der Waals surface area contributed by atoms with Crippen LogP contribution in [0.2, 0.25) is 0 Å². The van der Waals surface area contributed by atoms with Gasteiger partial charge < -0.3 is 25.0 Å². The molecule has 2 N–H and O–H groups in total. The number of carbonyl (C=O) groups excluding carboxylic acids is 1. The van der Waals surface area contributed by atoms with Gasteiger partial charge in [-0.15, -0.1) is 0 Å². The van der Waals surface area contributed by atoms with E-state index in [-0.39, 0.29) is 5.91 Å². The Morgan fingerprint density at radius 1 is 1.28 bits per heavy atom. The molecule has 1 aliphatic heterocycles. The molecule has 29 heavy (non-hydrogen) atoms. The fourth-order valence-corrected chi connectivity index (χ4v) is 2.47. The highest BCUT2D eigenvalue weighted by Crippen LogP contribution is 2.33. The molecule has 1 aliphatic rings. The molecule has 0 radical (unpaired) electrons. The standard InChI is InChI=1S/C17H25N3O2.C2HF3O2/c1-5-17(21)20(4)15-10-14-12-18-7-6-13(14)11-16(15)22-9-8-19(2)3;3-2(4,5)1(6)7/h5,10-11,18H,1,6-9,12H2,2-4H3;(H,6,7). The highest BCUT2D eigenvalue weighted by Gasteiger charge is 2.38. The molecule has 0 atom stereocenters. The van der Waals surface area contributed by atoms with E-state index in [1.54, 1.807) is 11.9 Å². The Labute approximate surface area is 167 Å². The van der Waals surface area contributed by atoms with Crippen molar-refractivity contribution in [3.8, 4) is 5.75 Å². The van der Waals surface area contributed by atoms with E-state index in [9.17, 15) is 18.0 Å². The minimum Gasteiger partial charge on any atom is -0.490 e. The first kappa shape index (κ1) is 24.4. The maximum absolute atomic E-state index is 11.9. The second kappa shape index (κ2) is 10.8. The summed E-state index contributed by atoms with van der Waals surface area (Å²) < 4.78 is 37.7. The van der Waals surface area contributed by atoms with Crippen LogP contribution in [0.25, 0.3) is 0 Å². The summed E-state index contributed by atoms with van der Waals surface area (Å²) in [6, 6.07) is 4.13. The molecular weight excluding hydrogens is 391 g/mol. The zero-order chi connectivity index (χ0) is 22.2. The van der Waals surface area contributed by atoms with Gasteiger partial charge in [-0.2, -0.15) is 13.2 Å². The molecule has 0 saturated carbocycles. The van der Waals surface area contributed by atoms with Crippen molar-refractivity contribution in [2.75, 3.05) is 45.7 Å². The van der Waals surface area contributed by atoms with E-state index >= 15 is 0 Å². The Kier molecular flexibility index (Phi) is 9.12. The van der Waals surface area contributed by atoms with Gasteiger partial charge in [0.1, 0.15) is 12.4 Å². The van der Waals surface area contributed by atoms with Gasteiger partial charge in [-0.3, -0.25) is 4.79 Å². The number of hydrogen-bond donors (Lipinski definition) is 2. The van der Waals surface area contributed by atoms with Crippen molar-refractivity contribution in [3.05, 3.63) is 35.9 Å². The van der Waals surface area contributed by atoms with Crippen LogP contribution in [0.15, 0.2) is 24.8 Å². The van der Waals surface area contributed by atoms with Gasteiger partial charge in [0.15, 0.2) is 0 Å². The summed E-state index contributed by atoms with van der Waals surface area (Å²) in [5, 5.41) is 10.5. The number of aliphatic carboxylic acids is 1. The molecule has 0 saturated heterocycles. The van der Waals surface area contributed by atoms with Gasteiger partial charge >= 0.3 is 12.1 Å². The van der Waals surface area contributed by atoms with Crippen LogP contribution in [0.1, 0.15) is 11.1 Å². The Morgan fingerprint density at radius 3 is 2.41 bits per heavy atom. The molecule has 2 rings (SSSR count). The SMILES string of the molecule is C=CC(=O)N(C)c1cc2c(cc1OCCN(C)C)CCNC2.O=C(O)C(F)(F)F. The van der Waals surface area contributed by atoms with Crippen LogP contribution in [0, 0.1) is 0 Å². The minimum absolute atomic E-state index is 0.138. The maximum atomic E-state index is 11.9. The number of rotatable bonds is 6. The summed E-state index contributed by atoms with van der Waals surface area (Å²) in [4.78, 5) is 24.5. The fraction of sp³-hybridized carbons (Fsp3) is 0.474. The Bertz CT molecular complexity index is 736. The van der Waals surface area contributed by atoms with Crippen LogP contribution in [-0.4, -0.2) is 68.9 Å². The topological polar surface area (TPSA) is 82.1 Å². The number of likely N-dealkylation sites (N-methyl/N-ethyl adjacent to an activating group) is 2. The van der Waals surface area contributed by atoms with Crippen LogP contribution < -0.4 is 15.0 Å². The Hall–Kier alpha value is -2.59. The molecule has 0 aliphatic carbocycles. The lowest BCUT2D eigenvalue weighted by Gasteiger charge is -2.25. The van der Waals surface area contributed by atoms with Gasteiger partial charge in [0.2, 0.25) is 5.91 Å². The molecule has 1 amide bonds. The van der Waals surface area contributed by atoms with Crippen LogP contribution >= 0.6 is 0 Å². The van der Waals surface area contributed by atoms with Crippen molar-refractivity contribution in [2.24, 2.45) is 0 Å². The first-order chi connectivity index (χ1) is 13.5. The molecule has 0 fully saturated rings. The van der Waals surface area contributed by atoms with Gasteiger partial charge in [-0.05, 0) is 56.4 Å². The highest BCUT2D eigenvalue weighted by molar-refractivity contribution is 6.01. The van der Waals surface area contributed by atoms with Crippen LogP contribution in [-0.2, 0) is 22.6 Å². The van der Waals surface area contributed by atoms with Gasteiger partial charge in [-0.1, -0.05) is 6.58 Å². The highest BCUT2D eigenvalue weighted by atomic mass is 19.4. The van der Waals surface area contributed by atoms with E-state index in [2.05, 4.69) is 22.9 Å².